The minimum Gasteiger partial charge on any atom is -0.454 e. The van der Waals surface area contributed by atoms with E-state index in [4.69, 9.17) is 9.47 Å². The van der Waals surface area contributed by atoms with Crippen LogP contribution in [0.15, 0.2) is 71.6 Å². The maximum Gasteiger partial charge on any atom is 0.255 e. The zero-order valence-electron chi connectivity index (χ0n) is 15.8. The molecule has 0 saturated carbocycles. The number of carbonyl (C=O) groups excluding carboxylic acids is 2. The van der Waals surface area contributed by atoms with E-state index in [0.29, 0.717) is 28.3 Å². The number of ketones is 1. The van der Waals surface area contributed by atoms with Crippen LogP contribution in [0.1, 0.15) is 26.3 Å². The molecule has 0 unspecified atom stereocenters. The SMILES string of the molecule is Cc1cccc(C(=O)Nc2cccc(SCC(=O)c3ccc4c(c3)OCO4)c2)c1. The molecule has 1 heterocycles. The third kappa shape index (κ3) is 4.60. The number of hydrogen-bond acceptors (Lipinski definition) is 5. The number of fused-ring (bicyclic) bond motifs is 1. The van der Waals surface area contributed by atoms with Crippen LogP contribution in [0.2, 0.25) is 0 Å². The number of amides is 1. The first-order valence-corrected chi connectivity index (χ1v) is 10.1. The van der Waals surface area contributed by atoms with Crippen molar-refractivity contribution in [3.8, 4) is 11.5 Å². The van der Waals surface area contributed by atoms with Crippen LogP contribution in [-0.4, -0.2) is 24.2 Å². The number of hydrogen-bond donors (Lipinski definition) is 1. The number of ether oxygens (including phenoxy) is 2. The fourth-order valence-corrected chi connectivity index (χ4v) is 3.80. The van der Waals surface area contributed by atoms with E-state index in [1.54, 1.807) is 24.3 Å². The molecule has 146 valence electrons. The van der Waals surface area contributed by atoms with E-state index in [1.807, 2.05) is 49.4 Å². The molecule has 0 atom stereocenters. The van der Waals surface area contributed by atoms with Gasteiger partial charge in [-0.15, -0.1) is 11.8 Å². The van der Waals surface area contributed by atoms with Gasteiger partial charge in [0.15, 0.2) is 17.3 Å². The molecule has 0 bridgehead atoms. The van der Waals surface area contributed by atoms with Crippen LogP contribution < -0.4 is 14.8 Å². The van der Waals surface area contributed by atoms with Gasteiger partial charge in [-0.05, 0) is 55.5 Å². The molecule has 3 aromatic rings. The Morgan fingerprint density at radius 1 is 0.931 bits per heavy atom. The highest BCUT2D eigenvalue weighted by Crippen LogP contribution is 2.33. The maximum absolute atomic E-state index is 12.5. The number of thioether (sulfide) groups is 1. The zero-order valence-corrected chi connectivity index (χ0v) is 16.6. The van der Waals surface area contributed by atoms with Crippen molar-refractivity contribution in [3.63, 3.8) is 0 Å². The van der Waals surface area contributed by atoms with Gasteiger partial charge in [0.2, 0.25) is 6.79 Å². The Bertz CT molecular complexity index is 1080. The van der Waals surface area contributed by atoms with Crippen molar-refractivity contribution < 1.29 is 19.1 Å². The Hall–Kier alpha value is -3.25. The molecule has 6 heteroatoms. The standard InChI is InChI=1S/C23H19NO4S/c1-15-4-2-5-17(10-15)23(26)24-18-6-3-7-19(12-18)29-13-20(25)16-8-9-21-22(11-16)28-14-27-21/h2-12H,13-14H2,1H3,(H,24,26). The van der Waals surface area contributed by atoms with E-state index in [1.165, 1.54) is 11.8 Å². The predicted octanol–water partition coefficient (Wildman–Crippen LogP) is 4.95. The average molecular weight is 405 g/mol. The topological polar surface area (TPSA) is 64.6 Å². The number of anilines is 1. The van der Waals surface area contributed by atoms with Gasteiger partial charge in [-0.2, -0.15) is 0 Å². The summed E-state index contributed by atoms with van der Waals surface area (Å²) in [7, 11) is 0. The molecule has 1 N–H and O–H groups in total. The van der Waals surface area contributed by atoms with E-state index in [-0.39, 0.29) is 24.2 Å². The molecular formula is C23H19NO4S. The number of rotatable bonds is 6. The zero-order chi connectivity index (χ0) is 20.2. The Balaban J connectivity index is 1.38. The third-order valence-corrected chi connectivity index (χ3v) is 5.43. The van der Waals surface area contributed by atoms with Crippen LogP contribution in [0.25, 0.3) is 0 Å². The van der Waals surface area contributed by atoms with Gasteiger partial charge in [-0.1, -0.05) is 23.8 Å². The summed E-state index contributed by atoms with van der Waals surface area (Å²) in [5.74, 6) is 1.39. The smallest absolute Gasteiger partial charge is 0.255 e. The Morgan fingerprint density at radius 3 is 2.62 bits per heavy atom. The lowest BCUT2D eigenvalue weighted by molar-refractivity contribution is 0.101. The largest absolute Gasteiger partial charge is 0.454 e. The maximum atomic E-state index is 12.5. The van der Waals surface area contributed by atoms with Crippen LogP contribution in [0.5, 0.6) is 11.5 Å². The first kappa shape index (κ1) is 19.1. The quantitative estimate of drug-likeness (QED) is 0.464. The lowest BCUT2D eigenvalue weighted by Gasteiger charge is -2.08. The van der Waals surface area contributed by atoms with Crippen LogP contribution >= 0.6 is 11.8 Å². The van der Waals surface area contributed by atoms with Gasteiger partial charge in [-0.3, -0.25) is 9.59 Å². The van der Waals surface area contributed by atoms with E-state index >= 15 is 0 Å². The molecule has 4 rings (SSSR count). The number of nitrogens with one attached hydrogen (secondary N) is 1. The summed E-state index contributed by atoms with van der Waals surface area (Å²) >= 11 is 1.42. The van der Waals surface area contributed by atoms with Crippen LogP contribution in [0.4, 0.5) is 5.69 Å². The lowest BCUT2D eigenvalue weighted by atomic mass is 10.1. The van der Waals surface area contributed by atoms with Gasteiger partial charge < -0.3 is 14.8 Å². The highest BCUT2D eigenvalue weighted by Gasteiger charge is 2.16. The molecule has 0 fully saturated rings. The lowest BCUT2D eigenvalue weighted by Crippen LogP contribution is -2.11. The van der Waals surface area contributed by atoms with Crippen LogP contribution in [-0.2, 0) is 0 Å². The van der Waals surface area contributed by atoms with Crippen molar-refractivity contribution in [1.82, 2.24) is 0 Å². The van der Waals surface area contributed by atoms with Gasteiger partial charge in [0.25, 0.3) is 5.91 Å². The summed E-state index contributed by atoms with van der Waals surface area (Å²) in [6.07, 6.45) is 0. The summed E-state index contributed by atoms with van der Waals surface area (Å²) in [6.45, 7) is 2.13. The molecule has 0 radical (unpaired) electrons. The Morgan fingerprint density at radius 2 is 1.76 bits per heavy atom. The summed E-state index contributed by atoms with van der Waals surface area (Å²) in [6, 6.07) is 20.1. The summed E-state index contributed by atoms with van der Waals surface area (Å²) in [5.41, 5.74) is 2.92. The van der Waals surface area contributed by atoms with Crippen molar-refractivity contribution in [1.29, 1.82) is 0 Å². The molecule has 1 amide bonds. The average Bonchev–Trinajstić information content (AvgIpc) is 3.20. The van der Waals surface area contributed by atoms with Crippen molar-refractivity contribution in [2.75, 3.05) is 17.9 Å². The summed E-state index contributed by atoms with van der Waals surface area (Å²) < 4.78 is 10.6. The van der Waals surface area contributed by atoms with Gasteiger partial charge in [0, 0.05) is 21.7 Å². The fourth-order valence-electron chi connectivity index (χ4n) is 2.96. The Kier molecular flexibility index (Phi) is 5.53. The van der Waals surface area contributed by atoms with Crippen molar-refractivity contribution in [3.05, 3.63) is 83.4 Å². The number of Topliss-reactive ketones (excluding diaryl/α,β-unsaturated/α-hetero) is 1. The van der Waals surface area contributed by atoms with E-state index in [0.717, 1.165) is 10.5 Å². The van der Waals surface area contributed by atoms with Gasteiger partial charge in [0.05, 0.1) is 5.75 Å². The highest BCUT2D eigenvalue weighted by molar-refractivity contribution is 8.00. The fraction of sp³-hybridized carbons (Fsp3) is 0.130. The van der Waals surface area contributed by atoms with Gasteiger partial charge >= 0.3 is 0 Å². The molecule has 5 nitrogen and oxygen atoms in total. The Labute approximate surface area is 173 Å². The number of carbonyl (C=O) groups is 2. The molecule has 1 aliphatic rings. The predicted molar refractivity (Wildman–Crippen MR) is 113 cm³/mol. The van der Waals surface area contributed by atoms with Crippen molar-refractivity contribution >= 4 is 29.1 Å². The van der Waals surface area contributed by atoms with E-state index < -0.39 is 0 Å². The van der Waals surface area contributed by atoms with Gasteiger partial charge in [0.1, 0.15) is 0 Å². The van der Waals surface area contributed by atoms with Crippen molar-refractivity contribution in [2.24, 2.45) is 0 Å². The monoisotopic (exact) mass is 405 g/mol. The minimum absolute atomic E-state index is 0.00231. The number of aryl methyl sites for hydroxylation is 1. The van der Waals surface area contributed by atoms with E-state index in [2.05, 4.69) is 5.32 Å². The van der Waals surface area contributed by atoms with Crippen molar-refractivity contribution in [2.45, 2.75) is 11.8 Å². The molecule has 1 aliphatic heterocycles. The second-order valence-corrected chi connectivity index (χ2v) is 7.68. The number of benzene rings is 3. The normalized spacial score (nSPS) is 11.9. The third-order valence-electron chi connectivity index (χ3n) is 4.44. The molecular weight excluding hydrogens is 386 g/mol. The highest BCUT2D eigenvalue weighted by atomic mass is 32.2. The van der Waals surface area contributed by atoms with Crippen LogP contribution in [0, 0.1) is 6.92 Å². The van der Waals surface area contributed by atoms with Gasteiger partial charge in [-0.25, -0.2) is 0 Å². The second kappa shape index (κ2) is 8.41. The molecule has 3 aromatic carbocycles. The first-order chi connectivity index (χ1) is 14.1. The molecule has 29 heavy (non-hydrogen) atoms. The van der Waals surface area contributed by atoms with E-state index in [9.17, 15) is 9.59 Å². The molecule has 0 aromatic heterocycles. The molecule has 0 aliphatic carbocycles. The molecule has 0 spiro atoms. The first-order valence-electron chi connectivity index (χ1n) is 9.12. The summed E-state index contributed by atoms with van der Waals surface area (Å²) in [5, 5.41) is 2.91. The molecule has 0 saturated heterocycles. The van der Waals surface area contributed by atoms with Crippen LogP contribution in [0.3, 0.4) is 0 Å². The minimum atomic E-state index is -0.160. The second-order valence-electron chi connectivity index (χ2n) is 6.63. The summed E-state index contributed by atoms with van der Waals surface area (Å²) in [4.78, 5) is 25.8.